The van der Waals surface area contributed by atoms with Gasteiger partial charge in [0.05, 0.1) is 18.2 Å². The van der Waals surface area contributed by atoms with Crippen molar-refractivity contribution in [1.82, 2.24) is 20.1 Å². The van der Waals surface area contributed by atoms with Crippen LogP contribution in [0.5, 0.6) is 0 Å². The normalized spacial score (nSPS) is 24.0. The quantitative estimate of drug-likeness (QED) is 0.777. The van der Waals surface area contributed by atoms with Crippen molar-refractivity contribution in [3.8, 4) is 11.4 Å². The number of aliphatic hydroxyl groups excluding tert-OH is 1. The van der Waals surface area contributed by atoms with E-state index in [1.807, 2.05) is 12.1 Å². The summed E-state index contributed by atoms with van der Waals surface area (Å²) in [5.41, 5.74) is 6.66. The molecule has 1 aliphatic carbocycles. The Balaban J connectivity index is 1.69. The SMILES string of the molecule is NC(=O)c1ccc(-c2nc([C@@H]3C[C@@H](O)CN3)n(C3CCCCC3)n2)cc1. The molecule has 2 aliphatic rings. The highest BCUT2D eigenvalue weighted by atomic mass is 16.3. The number of primary amides is 1. The monoisotopic (exact) mass is 355 g/mol. The average molecular weight is 355 g/mol. The molecule has 2 aromatic rings. The van der Waals surface area contributed by atoms with Crippen molar-refractivity contribution in [2.45, 2.75) is 56.7 Å². The maximum atomic E-state index is 11.3. The second-order valence-electron chi connectivity index (χ2n) is 7.32. The summed E-state index contributed by atoms with van der Waals surface area (Å²) in [5.74, 6) is 1.12. The number of amides is 1. The molecule has 1 aromatic heterocycles. The van der Waals surface area contributed by atoms with Crippen molar-refractivity contribution in [2.75, 3.05) is 6.54 Å². The molecule has 4 rings (SSSR count). The van der Waals surface area contributed by atoms with E-state index in [2.05, 4.69) is 10.00 Å². The minimum atomic E-state index is -0.443. The Morgan fingerprint density at radius 1 is 1.19 bits per heavy atom. The van der Waals surface area contributed by atoms with Gasteiger partial charge in [-0.1, -0.05) is 31.4 Å². The van der Waals surface area contributed by atoms with Crippen LogP contribution in [0, 0.1) is 0 Å². The lowest BCUT2D eigenvalue weighted by molar-refractivity contribution is 0.100. The van der Waals surface area contributed by atoms with Gasteiger partial charge in [0.15, 0.2) is 5.82 Å². The summed E-state index contributed by atoms with van der Waals surface area (Å²) in [6, 6.07) is 7.47. The summed E-state index contributed by atoms with van der Waals surface area (Å²) in [6.45, 7) is 0.588. The molecule has 2 heterocycles. The molecule has 1 aromatic carbocycles. The van der Waals surface area contributed by atoms with Crippen LogP contribution in [0.1, 0.15) is 66.8 Å². The molecule has 1 saturated carbocycles. The van der Waals surface area contributed by atoms with E-state index in [0.29, 0.717) is 30.4 Å². The van der Waals surface area contributed by atoms with Gasteiger partial charge in [0, 0.05) is 17.7 Å². The van der Waals surface area contributed by atoms with Crippen LogP contribution in [0.3, 0.4) is 0 Å². The molecule has 2 atom stereocenters. The lowest BCUT2D eigenvalue weighted by Crippen LogP contribution is -2.23. The first-order valence-electron chi connectivity index (χ1n) is 9.40. The van der Waals surface area contributed by atoms with E-state index in [0.717, 1.165) is 24.2 Å². The third-order valence-electron chi connectivity index (χ3n) is 5.43. The third-order valence-corrected chi connectivity index (χ3v) is 5.43. The van der Waals surface area contributed by atoms with Crippen LogP contribution in [0.15, 0.2) is 24.3 Å². The Labute approximate surface area is 152 Å². The number of nitrogens with two attached hydrogens (primary N) is 1. The number of nitrogens with one attached hydrogen (secondary N) is 1. The predicted octanol–water partition coefficient (Wildman–Crippen LogP) is 1.94. The Morgan fingerprint density at radius 2 is 1.92 bits per heavy atom. The van der Waals surface area contributed by atoms with Crippen molar-refractivity contribution in [3.63, 3.8) is 0 Å². The largest absolute Gasteiger partial charge is 0.392 e. The number of rotatable bonds is 4. The van der Waals surface area contributed by atoms with Gasteiger partial charge in [-0.05, 0) is 31.4 Å². The second-order valence-corrected chi connectivity index (χ2v) is 7.32. The van der Waals surface area contributed by atoms with Gasteiger partial charge in [-0.25, -0.2) is 9.67 Å². The first-order chi connectivity index (χ1) is 12.6. The zero-order chi connectivity index (χ0) is 18.1. The molecule has 26 heavy (non-hydrogen) atoms. The van der Waals surface area contributed by atoms with E-state index in [-0.39, 0.29) is 12.1 Å². The molecular formula is C19H25N5O2. The number of benzene rings is 1. The van der Waals surface area contributed by atoms with Crippen LogP contribution < -0.4 is 11.1 Å². The van der Waals surface area contributed by atoms with Crippen molar-refractivity contribution in [3.05, 3.63) is 35.7 Å². The van der Waals surface area contributed by atoms with Crippen LogP contribution in [0.2, 0.25) is 0 Å². The molecule has 0 spiro atoms. The van der Waals surface area contributed by atoms with E-state index in [4.69, 9.17) is 15.8 Å². The highest BCUT2D eigenvalue weighted by Crippen LogP contribution is 2.33. The van der Waals surface area contributed by atoms with E-state index < -0.39 is 5.91 Å². The second kappa shape index (κ2) is 7.17. The number of aliphatic hydroxyl groups is 1. The highest BCUT2D eigenvalue weighted by molar-refractivity contribution is 5.93. The van der Waals surface area contributed by atoms with Crippen molar-refractivity contribution >= 4 is 5.91 Å². The number of nitrogens with zero attached hydrogens (tertiary/aromatic N) is 3. The number of carbonyl (C=O) groups is 1. The summed E-state index contributed by atoms with van der Waals surface area (Å²) < 4.78 is 2.08. The van der Waals surface area contributed by atoms with Gasteiger partial charge in [-0.15, -0.1) is 0 Å². The van der Waals surface area contributed by atoms with E-state index in [1.54, 1.807) is 12.1 Å². The smallest absolute Gasteiger partial charge is 0.248 e. The van der Waals surface area contributed by atoms with Crippen molar-refractivity contribution in [2.24, 2.45) is 5.73 Å². The Bertz CT molecular complexity index is 757. The van der Waals surface area contributed by atoms with Crippen molar-refractivity contribution < 1.29 is 9.90 Å². The number of carbonyl (C=O) groups excluding carboxylic acids is 1. The third kappa shape index (κ3) is 3.37. The average Bonchev–Trinajstić information content (AvgIpc) is 3.29. The van der Waals surface area contributed by atoms with Gasteiger partial charge in [-0.3, -0.25) is 4.79 Å². The Hall–Kier alpha value is -2.25. The standard InChI is InChI=1S/C19H25N5O2/c20-17(26)12-6-8-13(9-7-12)18-22-19(16-10-15(25)11-21-16)24(23-18)14-4-2-1-3-5-14/h6-9,14-16,21,25H,1-5,10-11H2,(H2,20,26)/t15-,16+/m1/s1. The first kappa shape index (κ1) is 17.2. The molecule has 2 fully saturated rings. The van der Waals surface area contributed by atoms with Gasteiger partial charge in [0.2, 0.25) is 5.91 Å². The minimum Gasteiger partial charge on any atom is -0.392 e. The number of β-amino-alcohol motifs (C(OH)–C–C–N with tert-alkyl or cyclic N) is 1. The molecule has 7 nitrogen and oxygen atoms in total. The Morgan fingerprint density at radius 3 is 2.54 bits per heavy atom. The number of aromatic nitrogens is 3. The summed E-state index contributed by atoms with van der Waals surface area (Å²) in [7, 11) is 0. The van der Waals surface area contributed by atoms with Gasteiger partial charge >= 0.3 is 0 Å². The summed E-state index contributed by atoms with van der Waals surface area (Å²) in [6.07, 6.45) is 6.26. The van der Waals surface area contributed by atoms with Crippen molar-refractivity contribution in [1.29, 1.82) is 0 Å². The number of hydrogen-bond donors (Lipinski definition) is 3. The van der Waals surface area contributed by atoms with Gasteiger partial charge < -0.3 is 16.2 Å². The molecule has 7 heteroatoms. The topological polar surface area (TPSA) is 106 Å². The fourth-order valence-electron chi connectivity index (χ4n) is 3.99. The van der Waals surface area contributed by atoms with E-state index in [9.17, 15) is 9.90 Å². The Kier molecular flexibility index (Phi) is 4.74. The number of hydrogen-bond acceptors (Lipinski definition) is 5. The van der Waals surface area contributed by atoms with Gasteiger partial charge in [0.1, 0.15) is 5.82 Å². The lowest BCUT2D eigenvalue weighted by atomic mass is 9.95. The molecule has 0 bridgehead atoms. The molecule has 0 radical (unpaired) electrons. The first-order valence-corrected chi connectivity index (χ1v) is 9.40. The maximum absolute atomic E-state index is 11.3. The molecule has 4 N–H and O–H groups in total. The van der Waals surface area contributed by atoms with Crippen LogP contribution >= 0.6 is 0 Å². The molecule has 1 saturated heterocycles. The molecule has 0 unspecified atom stereocenters. The van der Waals surface area contributed by atoms with E-state index >= 15 is 0 Å². The summed E-state index contributed by atoms with van der Waals surface area (Å²) >= 11 is 0. The van der Waals surface area contributed by atoms with E-state index in [1.165, 1.54) is 19.3 Å². The fraction of sp³-hybridized carbons (Fsp3) is 0.526. The predicted molar refractivity (Wildman–Crippen MR) is 97.5 cm³/mol. The summed E-state index contributed by atoms with van der Waals surface area (Å²) in [4.78, 5) is 16.1. The van der Waals surface area contributed by atoms with Crippen LogP contribution in [-0.2, 0) is 0 Å². The summed E-state index contributed by atoms with van der Waals surface area (Å²) in [5, 5.41) is 18.1. The zero-order valence-corrected chi connectivity index (χ0v) is 14.8. The molecule has 1 amide bonds. The lowest BCUT2D eigenvalue weighted by Gasteiger charge is -2.24. The zero-order valence-electron chi connectivity index (χ0n) is 14.8. The van der Waals surface area contributed by atoms with Crippen LogP contribution in [0.4, 0.5) is 0 Å². The minimum absolute atomic E-state index is 0.0260. The molecule has 1 aliphatic heterocycles. The molecule has 138 valence electrons. The fourth-order valence-corrected chi connectivity index (χ4v) is 3.99. The highest BCUT2D eigenvalue weighted by Gasteiger charge is 2.31. The maximum Gasteiger partial charge on any atom is 0.248 e. The van der Waals surface area contributed by atoms with Crippen LogP contribution in [0.25, 0.3) is 11.4 Å². The van der Waals surface area contributed by atoms with Gasteiger partial charge in [0.25, 0.3) is 0 Å². The van der Waals surface area contributed by atoms with Crippen LogP contribution in [-0.4, -0.2) is 38.4 Å². The molecular weight excluding hydrogens is 330 g/mol. The van der Waals surface area contributed by atoms with Gasteiger partial charge in [-0.2, -0.15) is 5.10 Å².